The first-order chi connectivity index (χ1) is 14.9. The number of aliphatic hydroxyl groups excluding tert-OH is 2. The summed E-state index contributed by atoms with van der Waals surface area (Å²) in [5.41, 5.74) is -0.0356. The van der Waals surface area contributed by atoms with E-state index in [1.807, 2.05) is 0 Å². The van der Waals surface area contributed by atoms with Gasteiger partial charge in [0.05, 0.1) is 19.5 Å². The van der Waals surface area contributed by atoms with Gasteiger partial charge >= 0.3 is 11.9 Å². The number of carbonyl (C=O) groups is 3. The summed E-state index contributed by atoms with van der Waals surface area (Å²) < 4.78 is 32.3. The second kappa shape index (κ2) is 8.76. The predicted octanol–water partition coefficient (Wildman–Crippen LogP) is -1.11. The maximum absolute atomic E-state index is 12.2. The molecule has 29 heavy (non-hydrogen) atoms. The van der Waals surface area contributed by atoms with Crippen LogP contribution in [0.3, 0.4) is 0 Å². The molecular formula is C17H24N4O8. The minimum Gasteiger partial charge on any atom is -0.455 e. The fourth-order valence-electron chi connectivity index (χ4n) is 3.13. The number of amides is 1. The van der Waals surface area contributed by atoms with Gasteiger partial charge in [-0.3, -0.25) is 19.0 Å². The van der Waals surface area contributed by atoms with Crippen LogP contribution in [0.4, 0.5) is 5.82 Å². The van der Waals surface area contributed by atoms with E-state index in [1.165, 1.54) is 10.9 Å². The molecule has 1 amide bonds. The minimum absolute atomic E-state index is 0.0356. The Bertz CT molecular complexity index is 822. The summed E-state index contributed by atoms with van der Waals surface area (Å²) >= 11 is 0. The molecule has 3 heterocycles. The van der Waals surface area contributed by atoms with Crippen molar-refractivity contribution in [2.45, 2.75) is 57.4 Å². The van der Waals surface area contributed by atoms with Gasteiger partial charge in [0.25, 0.3) is 5.91 Å². The van der Waals surface area contributed by atoms with Gasteiger partial charge in [-0.25, -0.2) is 4.98 Å². The molecule has 2 unspecified atom stereocenters. The number of nitrogens with one attached hydrogen (secondary N) is 2. The number of esters is 2. The van der Waals surface area contributed by atoms with Crippen LogP contribution in [0, 0.1) is 0 Å². The number of aromatic nitrogens is 2. The fourth-order valence-corrected chi connectivity index (χ4v) is 3.13. The number of β-amino-alcohol motifs (C(OH)–C–C–N with tert-alkyl or cyclic N) is 1. The highest BCUT2D eigenvalue weighted by atomic mass is 16.6. The average molecular weight is 414 g/mol. The second-order valence-electron chi connectivity index (χ2n) is 6.38. The maximum Gasteiger partial charge on any atom is 0.306 e. The van der Waals surface area contributed by atoms with Crippen LogP contribution in [0.15, 0.2) is 6.33 Å². The fraction of sp³-hybridized carbons (Fsp3) is 0.647. The molecule has 3 rings (SSSR count). The number of nitrogens with zero attached hydrogens (tertiary/aromatic N) is 2. The van der Waals surface area contributed by atoms with E-state index in [2.05, 4.69) is 15.6 Å². The van der Waals surface area contributed by atoms with Gasteiger partial charge < -0.3 is 35.1 Å². The van der Waals surface area contributed by atoms with Crippen LogP contribution in [0.2, 0.25) is 0 Å². The minimum atomic E-state index is -1.22. The summed E-state index contributed by atoms with van der Waals surface area (Å²) in [7, 11) is 0. The Hall–Kier alpha value is -2.70. The molecule has 2 aliphatic rings. The zero-order valence-corrected chi connectivity index (χ0v) is 15.4. The molecule has 0 spiro atoms. The first kappa shape index (κ1) is 18.3. The Morgan fingerprint density at radius 2 is 2.03 bits per heavy atom. The van der Waals surface area contributed by atoms with Crippen molar-refractivity contribution in [1.82, 2.24) is 14.9 Å². The van der Waals surface area contributed by atoms with Crippen molar-refractivity contribution >= 4 is 23.7 Å². The lowest BCUT2D eigenvalue weighted by atomic mass is 10.1. The predicted molar refractivity (Wildman–Crippen MR) is 95.5 cm³/mol. The number of aliphatic hydroxyl groups is 2. The summed E-state index contributed by atoms with van der Waals surface area (Å²) in [6.07, 6.45) is -4.91. The highest BCUT2D eigenvalue weighted by molar-refractivity contribution is 5.97. The molecule has 12 nitrogen and oxygen atoms in total. The Kier molecular flexibility index (Phi) is 5.54. The van der Waals surface area contributed by atoms with Crippen LogP contribution in [0.5, 0.6) is 0 Å². The summed E-state index contributed by atoms with van der Waals surface area (Å²) in [5.74, 6) is -1.92. The first-order valence-electron chi connectivity index (χ1n) is 10.3. The van der Waals surface area contributed by atoms with Crippen LogP contribution in [-0.2, 0) is 23.8 Å². The first-order valence-corrected chi connectivity index (χ1v) is 8.93. The SMILES string of the molecule is [2H]CCC(=O)O[C@@H]1[C@@H](CO)OC(n2cnc3c2NCC(O)NC3=O)[C@@H]1OC(=O)CC[2H]. The number of imidazole rings is 1. The van der Waals surface area contributed by atoms with Crippen LogP contribution in [-0.4, -0.2) is 75.3 Å². The molecule has 1 aromatic heterocycles. The van der Waals surface area contributed by atoms with Crippen molar-refractivity contribution in [3.8, 4) is 0 Å². The lowest BCUT2D eigenvalue weighted by molar-refractivity contribution is -0.168. The van der Waals surface area contributed by atoms with E-state index >= 15 is 0 Å². The Labute approximate surface area is 168 Å². The van der Waals surface area contributed by atoms with E-state index in [4.69, 9.17) is 17.0 Å². The number of rotatable bonds is 6. The quantitative estimate of drug-likeness (QED) is 0.420. The molecule has 0 bridgehead atoms. The van der Waals surface area contributed by atoms with Crippen molar-refractivity contribution < 1.29 is 41.5 Å². The van der Waals surface area contributed by atoms with Gasteiger partial charge in [0.15, 0.2) is 24.1 Å². The van der Waals surface area contributed by atoms with E-state index in [0.717, 1.165) is 0 Å². The summed E-state index contributed by atoms with van der Waals surface area (Å²) in [6, 6.07) is 0. The highest BCUT2D eigenvalue weighted by Crippen LogP contribution is 2.37. The second-order valence-corrected chi connectivity index (χ2v) is 6.38. The number of fused-ring (bicyclic) bond motifs is 1. The van der Waals surface area contributed by atoms with Gasteiger partial charge in [0.1, 0.15) is 18.1 Å². The lowest BCUT2D eigenvalue weighted by Crippen LogP contribution is -2.40. The molecule has 0 saturated carbocycles. The molecular weight excluding hydrogens is 388 g/mol. The van der Waals surface area contributed by atoms with Gasteiger partial charge in [-0.1, -0.05) is 13.8 Å². The van der Waals surface area contributed by atoms with E-state index in [0.29, 0.717) is 0 Å². The summed E-state index contributed by atoms with van der Waals surface area (Å²) in [5, 5.41) is 24.7. The Morgan fingerprint density at radius 1 is 1.34 bits per heavy atom. The smallest absolute Gasteiger partial charge is 0.306 e. The lowest BCUT2D eigenvalue weighted by Gasteiger charge is -2.25. The van der Waals surface area contributed by atoms with Gasteiger partial charge in [-0.15, -0.1) is 0 Å². The monoisotopic (exact) mass is 414 g/mol. The van der Waals surface area contributed by atoms with Crippen molar-refractivity contribution in [2.24, 2.45) is 0 Å². The van der Waals surface area contributed by atoms with Crippen LogP contribution < -0.4 is 10.6 Å². The van der Waals surface area contributed by atoms with Gasteiger partial charge in [0, 0.05) is 15.6 Å². The molecule has 160 valence electrons. The van der Waals surface area contributed by atoms with Crippen molar-refractivity contribution in [1.29, 1.82) is 0 Å². The molecule has 12 heteroatoms. The third-order valence-electron chi connectivity index (χ3n) is 4.45. The normalized spacial score (nSPS) is 29.6. The average Bonchev–Trinajstić information content (AvgIpc) is 3.24. The van der Waals surface area contributed by atoms with E-state index < -0.39 is 55.2 Å². The molecule has 4 N–H and O–H groups in total. The number of anilines is 1. The van der Waals surface area contributed by atoms with Gasteiger partial charge in [-0.2, -0.15) is 0 Å². The van der Waals surface area contributed by atoms with E-state index in [9.17, 15) is 24.6 Å². The number of carbonyl (C=O) groups excluding carboxylic acids is 3. The highest BCUT2D eigenvalue weighted by Gasteiger charge is 2.51. The summed E-state index contributed by atoms with van der Waals surface area (Å²) in [6.45, 7) is -1.03. The standard InChI is InChI=1S/C17H24N4O8/c1-3-10(24)28-13-8(6-22)27-17(14(13)29-11(25)4-2)21-7-19-12-15(21)18-5-9(23)20-16(12)26/h7-9,13-14,17-18,22-23H,3-6H2,1-2H3,(H,20,26)/t8-,9?,13-,14-,17?/m1/s1/i1D,2D. The molecule has 1 fully saturated rings. The molecule has 0 aromatic carbocycles. The summed E-state index contributed by atoms with van der Waals surface area (Å²) in [4.78, 5) is 40.4. The van der Waals surface area contributed by atoms with Gasteiger partial charge in [-0.05, 0) is 0 Å². The third kappa shape index (κ3) is 4.18. The molecule has 2 aliphatic heterocycles. The molecule has 1 aromatic rings. The van der Waals surface area contributed by atoms with Crippen molar-refractivity contribution in [2.75, 3.05) is 18.5 Å². The number of hydrogen-bond acceptors (Lipinski definition) is 10. The van der Waals surface area contributed by atoms with E-state index in [-0.39, 0.29) is 44.7 Å². The van der Waals surface area contributed by atoms with Crippen LogP contribution in [0.25, 0.3) is 0 Å². The third-order valence-corrected chi connectivity index (χ3v) is 4.45. The van der Waals surface area contributed by atoms with E-state index in [1.54, 1.807) is 0 Å². The zero-order valence-electron chi connectivity index (χ0n) is 17.4. The number of hydrogen-bond donors (Lipinski definition) is 4. The topological polar surface area (TPSA) is 161 Å². The number of ether oxygens (including phenoxy) is 3. The largest absolute Gasteiger partial charge is 0.455 e. The van der Waals surface area contributed by atoms with Gasteiger partial charge in [0.2, 0.25) is 0 Å². The van der Waals surface area contributed by atoms with Crippen LogP contribution >= 0.6 is 0 Å². The Morgan fingerprint density at radius 3 is 2.69 bits per heavy atom. The van der Waals surface area contributed by atoms with Crippen LogP contribution in [0.1, 0.15) is 46.1 Å². The van der Waals surface area contributed by atoms with Crippen molar-refractivity contribution in [3.05, 3.63) is 12.0 Å². The molecule has 0 radical (unpaired) electrons. The Balaban J connectivity index is 1.95. The maximum atomic E-state index is 12.2. The molecule has 5 atom stereocenters. The molecule has 1 saturated heterocycles. The zero-order chi connectivity index (χ0) is 22.5. The molecule has 0 aliphatic carbocycles. The van der Waals surface area contributed by atoms with Crippen molar-refractivity contribution in [3.63, 3.8) is 0 Å².